The summed E-state index contributed by atoms with van der Waals surface area (Å²) in [5, 5.41) is 12.3. The molecule has 0 aliphatic heterocycles. The standard InChI is InChI=1S/C25H38N4O6.C3H6O.CH4O/c1-27-24(33)21(12-10-16-30)29(2)25(34)19-11-9-13-22(20(19)17-31)35-18-23(32)28-15-8-6-4-3-5-7-14-26;1-2-3-4;1-2/h9,11,13,16-17,21H,3-8,10,12,14-15,18,26H2,1-2H3,(H,27,33)(H,28,32);3H,2H2,1H3;2H,1H3. The summed E-state index contributed by atoms with van der Waals surface area (Å²) < 4.78 is 5.53. The van der Waals surface area contributed by atoms with E-state index in [9.17, 15) is 28.8 Å². The van der Waals surface area contributed by atoms with Gasteiger partial charge < -0.3 is 40.7 Å². The molecular formula is C29H48N4O8. The summed E-state index contributed by atoms with van der Waals surface area (Å²) in [7, 11) is 3.87. The van der Waals surface area contributed by atoms with Gasteiger partial charge in [0.25, 0.3) is 11.8 Å². The third kappa shape index (κ3) is 16.9. The van der Waals surface area contributed by atoms with Gasteiger partial charge in [0, 0.05) is 40.6 Å². The Hall–Kier alpha value is -3.64. The minimum absolute atomic E-state index is 0.0133. The highest BCUT2D eigenvalue weighted by molar-refractivity contribution is 6.04. The molecule has 5 N–H and O–H groups in total. The maximum atomic E-state index is 13.1. The summed E-state index contributed by atoms with van der Waals surface area (Å²) >= 11 is 0. The van der Waals surface area contributed by atoms with Crippen molar-refractivity contribution in [3.05, 3.63) is 29.3 Å². The second-order valence-corrected chi connectivity index (χ2v) is 8.75. The maximum Gasteiger partial charge on any atom is 0.257 e. The predicted molar refractivity (Wildman–Crippen MR) is 157 cm³/mol. The van der Waals surface area contributed by atoms with Gasteiger partial charge >= 0.3 is 0 Å². The van der Waals surface area contributed by atoms with Crippen molar-refractivity contribution in [2.75, 3.05) is 40.9 Å². The normalized spacial score (nSPS) is 10.4. The topological polar surface area (TPSA) is 185 Å². The molecule has 0 spiro atoms. The molecule has 41 heavy (non-hydrogen) atoms. The number of aliphatic hydroxyl groups is 1. The summed E-state index contributed by atoms with van der Waals surface area (Å²) in [4.78, 5) is 70.4. The molecule has 0 saturated heterocycles. The van der Waals surface area contributed by atoms with E-state index in [-0.39, 0.29) is 42.2 Å². The number of ether oxygens (including phenoxy) is 1. The monoisotopic (exact) mass is 580 g/mol. The van der Waals surface area contributed by atoms with Crippen LogP contribution in [0.3, 0.4) is 0 Å². The van der Waals surface area contributed by atoms with Crippen molar-refractivity contribution < 1.29 is 38.6 Å². The number of rotatable bonds is 19. The molecule has 0 heterocycles. The minimum atomic E-state index is -0.881. The number of likely N-dealkylation sites (N-methyl/N-ethyl adjacent to an activating group) is 2. The average Bonchev–Trinajstić information content (AvgIpc) is 3.01. The molecule has 0 radical (unpaired) electrons. The molecule has 0 aliphatic carbocycles. The van der Waals surface area contributed by atoms with Crippen LogP contribution >= 0.6 is 0 Å². The molecule has 3 amide bonds. The predicted octanol–water partition coefficient (Wildman–Crippen LogP) is 1.66. The lowest BCUT2D eigenvalue weighted by Crippen LogP contribution is -2.47. The number of aldehydes is 3. The third-order valence-electron chi connectivity index (χ3n) is 5.79. The third-order valence-corrected chi connectivity index (χ3v) is 5.79. The van der Waals surface area contributed by atoms with Crippen LogP contribution in [0.15, 0.2) is 18.2 Å². The summed E-state index contributed by atoms with van der Waals surface area (Å²) in [6, 6.07) is 3.60. The van der Waals surface area contributed by atoms with Crippen molar-refractivity contribution in [1.82, 2.24) is 15.5 Å². The van der Waals surface area contributed by atoms with Gasteiger partial charge in [-0.05, 0) is 37.9 Å². The van der Waals surface area contributed by atoms with E-state index in [2.05, 4.69) is 10.6 Å². The zero-order chi connectivity index (χ0) is 31.5. The van der Waals surface area contributed by atoms with E-state index in [1.807, 2.05) is 6.92 Å². The Morgan fingerprint density at radius 3 is 2.17 bits per heavy atom. The van der Waals surface area contributed by atoms with Crippen LogP contribution in [0.4, 0.5) is 0 Å². The summed E-state index contributed by atoms with van der Waals surface area (Å²) in [6.45, 7) is 2.76. The Morgan fingerprint density at radius 1 is 1.02 bits per heavy atom. The van der Waals surface area contributed by atoms with E-state index in [0.717, 1.165) is 51.9 Å². The molecular weight excluding hydrogens is 532 g/mol. The van der Waals surface area contributed by atoms with Crippen molar-refractivity contribution in [3.63, 3.8) is 0 Å². The number of aliphatic hydroxyl groups excluding tert-OH is 1. The highest BCUT2D eigenvalue weighted by Crippen LogP contribution is 2.23. The number of unbranched alkanes of at least 4 members (excludes halogenated alkanes) is 5. The van der Waals surface area contributed by atoms with Crippen molar-refractivity contribution in [2.24, 2.45) is 5.73 Å². The molecule has 12 nitrogen and oxygen atoms in total. The smallest absolute Gasteiger partial charge is 0.257 e. The number of amides is 3. The Balaban J connectivity index is 0. The van der Waals surface area contributed by atoms with Crippen molar-refractivity contribution in [3.8, 4) is 5.75 Å². The van der Waals surface area contributed by atoms with E-state index in [1.165, 1.54) is 37.2 Å². The quantitative estimate of drug-likeness (QED) is 0.139. The number of nitrogens with one attached hydrogen (secondary N) is 2. The zero-order valence-corrected chi connectivity index (χ0v) is 24.9. The Kier molecular flexibility index (Phi) is 25.6. The van der Waals surface area contributed by atoms with Crippen LogP contribution in [0.1, 0.15) is 85.4 Å². The van der Waals surface area contributed by atoms with Crippen LogP contribution in [0.25, 0.3) is 0 Å². The fourth-order valence-corrected chi connectivity index (χ4v) is 3.60. The van der Waals surface area contributed by atoms with E-state index in [0.29, 0.717) is 32.1 Å². The fraction of sp³-hybridized carbons (Fsp3) is 0.586. The highest BCUT2D eigenvalue weighted by atomic mass is 16.5. The van der Waals surface area contributed by atoms with Crippen molar-refractivity contribution in [2.45, 2.75) is 70.8 Å². The lowest BCUT2D eigenvalue weighted by Gasteiger charge is -2.27. The van der Waals surface area contributed by atoms with Gasteiger partial charge in [0.2, 0.25) is 5.91 Å². The van der Waals surface area contributed by atoms with Crippen LogP contribution in [0.5, 0.6) is 5.75 Å². The van der Waals surface area contributed by atoms with Crippen molar-refractivity contribution >= 4 is 36.6 Å². The molecule has 1 atom stereocenters. The molecule has 0 aliphatic rings. The van der Waals surface area contributed by atoms with Crippen LogP contribution in [-0.2, 0) is 19.2 Å². The SMILES string of the molecule is CCC=O.CNC(=O)C(CCC=O)N(C)C(=O)c1cccc(OCC(=O)NCCCCCCCCN)c1C=O.CO. The van der Waals surface area contributed by atoms with E-state index in [1.54, 1.807) is 0 Å². The van der Waals surface area contributed by atoms with Gasteiger partial charge in [-0.2, -0.15) is 0 Å². The van der Waals surface area contributed by atoms with E-state index in [4.69, 9.17) is 15.6 Å². The molecule has 0 bridgehead atoms. The lowest BCUT2D eigenvalue weighted by molar-refractivity contribution is -0.125. The van der Waals surface area contributed by atoms with Gasteiger partial charge in [-0.25, -0.2) is 0 Å². The number of hydrogen-bond acceptors (Lipinski definition) is 9. The molecule has 0 fully saturated rings. The van der Waals surface area contributed by atoms with E-state index >= 15 is 0 Å². The Bertz CT molecular complexity index is 911. The number of nitrogens with two attached hydrogens (primary N) is 1. The average molecular weight is 581 g/mol. The van der Waals surface area contributed by atoms with Gasteiger partial charge in [-0.1, -0.05) is 38.7 Å². The van der Waals surface area contributed by atoms with Crippen molar-refractivity contribution in [1.29, 1.82) is 0 Å². The fourth-order valence-electron chi connectivity index (χ4n) is 3.60. The second kappa shape index (κ2) is 26.6. The van der Waals surface area contributed by atoms with E-state index < -0.39 is 17.9 Å². The number of carbonyl (C=O) groups is 6. The molecule has 1 rings (SSSR count). The summed E-state index contributed by atoms with van der Waals surface area (Å²) in [5.41, 5.74) is 5.49. The van der Waals surface area contributed by atoms with Gasteiger partial charge in [0.05, 0.1) is 11.1 Å². The highest BCUT2D eigenvalue weighted by Gasteiger charge is 2.28. The number of nitrogens with zero attached hydrogens (tertiary/aromatic N) is 1. The second-order valence-electron chi connectivity index (χ2n) is 8.75. The zero-order valence-electron chi connectivity index (χ0n) is 24.9. The molecule has 232 valence electrons. The largest absolute Gasteiger partial charge is 0.483 e. The molecule has 0 aromatic heterocycles. The first-order chi connectivity index (χ1) is 19.8. The molecule has 1 unspecified atom stereocenters. The van der Waals surface area contributed by atoms with Crippen LogP contribution in [0, 0.1) is 0 Å². The van der Waals surface area contributed by atoms with Gasteiger partial charge in [0.1, 0.15) is 24.4 Å². The van der Waals surface area contributed by atoms with Gasteiger partial charge in [-0.15, -0.1) is 0 Å². The number of benzene rings is 1. The number of carbonyl (C=O) groups excluding carboxylic acids is 6. The van der Waals surface area contributed by atoms with Gasteiger partial charge in [-0.3, -0.25) is 19.2 Å². The van der Waals surface area contributed by atoms with Crippen LogP contribution in [-0.4, -0.2) is 93.5 Å². The first kappa shape index (κ1) is 39.5. The summed E-state index contributed by atoms with van der Waals surface area (Å²) in [6.07, 6.45) is 9.19. The molecule has 1 aromatic carbocycles. The lowest BCUT2D eigenvalue weighted by atomic mass is 10.0. The first-order valence-electron chi connectivity index (χ1n) is 13.8. The van der Waals surface area contributed by atoms with Crippen LogP contribution in [0.2, 0.25) is 0 Å². The first-order valence-corrected chi connectivity index (χ1v) is 13.8. The molecule has 0 saturated carbocycles. The van der Waals surface area contributed by atoms with Gasteiger partial charge in [0.15, 0.2) is 12.9 Å². The molecule has 12 heteroatoms. The van der Waals surface area contributed by atoms with Crippen LogP contribution < -0.4 is 21.1 Å². The minimum Gasteiger partial charge on any atom is -0.483 e. The number of hydrogen-bond donors (Lipinski definition) is 4. The maximum absolute atomic E-state index is 13.1. The molecule has 1 aromatic rings. The summed E-state index contributed by atoms with van der Waals surface area (Å²) in [5.74, 6) is -1.23. The Labute approximate surface area is 243 Å². The Morgan fingerprint density at radius 2 is 1.63 bits per heavy atom.